The van der Waals surface area contributed by atoms with E-state index < -0.39 is 0 Å². The smallest absolute Gasteiger partial charge is 0.0205 e. The third kappa shape index (κ3) is 5.11. The predicted molar refractivity (Wildman–Crippen MR) is 124 cm³/mol. The first kappa shape index (κ1) is 20.4. The standard InChI is InChI=1S/C27H33N/c1-5-24-12-8-14-26-25(24)13-7-10-21(3)17-27(26)22(4)18-28-19-23-11-6-9-20(2)15-16-23/h5-6,8,10-12,14-17,22,28H,1,7,9,13,18-19H2,2-4H3. The van der Waals surface area contributed by atoms with E-state index in [4.69, 9.17) is 0 Å². The van der Waals surface area contributed by atoms with Crippen molar-refractivity contribution in [1.29, 1.82) is 0 Å². The molecule has 0 spiro atoms. The van der Waals surface area contributed by atoms with Crippen LogP contribution in [0.1, 0.15) is 50.3 Å². The molecular formula is C27H33N. The first-order valence-corrected chi connectivity index (χ1v) is 10.4. The van der Waals surface area contributed by atoms with Crippen molar-refractivity contribution in [3.8, 4) is 0 Å². The Morgan fingerprint density at radius 1 is 1.21 bits per heavy atom. The Labute approximate surface area is 170 Å². The van der Waals surface area contributed by atoms with Crippen molar-refractivity contribution in [3.05, 3.63) is 94.6 Å². The number of fused-ring (bicyclic) bond motifs is 1. The summed E-state index contributed by atoms with van der Waals surface area (Å²) < 4.78 is 0. The Hall–Kier alpha value is -2.38. The molecule has 1 nitrogen and oxygen atoms in total. The van der Waals surface area contributed by atoms with Crippen molar-refractivity contribution in [2.24, 2.45) is 5.92 Å². The molecule has 0 aliphatic heterocycles. The minimum Gasteiger partial charge on any atom is -0.312 e. The molecule has 2 aliphatic rings. The molecule has 0 fully saturated rings. The molecule has 146 valence electrons. The minimum atomic E-state index is 0.438. The van der Waals surface area contributed by atoms with E-state index in [1.165, 1.54) is 39.0 Å². The predicted octanol–water partition coefficient (Wildman–Crippen LogP) is 6.66. The maximum Gasteiger partial charge on any atom is 0.0205 e. The summed E-state index contributed by atoms with van der Waals surface area (Å²) in [6, 6.07) is 6.64. The quantitative estimate of drug-likeness (QED) is 0.589. The highest BCUT2D eigenvalue weighted by Gasteiger charge is 2.17. The third-order valence-corrected chi connectivity index (χ3v) is 5.65. The maximum atomic E-state index is 4.03. The second-order valence-corrected chi connectivity index (χ2v) is 8.06. The molecule has 28 heavy (non-hydrogen) atoms. The van der Waals surface area contributed by atoms with E-state index in [-0.39, 0.29) is 0 Å². The molecular weight excluding hydrogens is 338 g/mol. The van der Waals surface area contributed by atoms with Crippen LogP contribution in [0.15, 0.2) is 78.0 Å². The average molecular weight is 372 g/mol. The van der Waals surface area contributed by atoms with Crippen LogP contribution in [-0.2, 0) is 6.42 Å². The molecule has 0 heterocycles. The van der Waals surface area contributed by atoms with Crippen LogP contribution in [0.3, 0.4) is 0 Å². The second kappa shape index (κ2) is 9.71. The fourth-order valence-electron chi connectivity index (χ4n) is 4.01. The van der Waals surface area contributed by atoms with Crippen LogP contribution in [0.4, 0.5) is 0 Å². The monoisotopic (exact) mass is 371 g/mol. The second-order valence-electron chi connectivity index (χ2n) is 8.06. The van der Waals surface area contributed by atoms with E-state index in [9.17, 15) is 0 Å². The zero-order valence-corrected chi connectivity index (χ0v) is 17.6. The Kier molecular flexibility index (Phi) is 7.06. The summed E-state index contributed by atoms with van der Waals surface area (Å²) in [7, 11) is 0. The van der Waals surface area contributed by atoms with Gasteiger partial charge in [0.2, 0.25) is 0 Å². The highest BCUT2D eigenvalue weighted by atomic mass is 14.9. The first-order valence-electron chi connectivity index (χ1n) is 10.4. The number of nitrogens with one attached hydrogen (secondary N) is 1. The molecule has 0 bridgehead atoms. The highest BCUT2D eigenvalue weighted by Crippen LogP contribution is 2.32. The number of hydrogen-bond acceptors (Lipinski definition) is 1. The van der Waals surface area contributed by atoms with E-state index >= 15 is 0 Å². The lowest BCUT2D eigenvalue weighted by Gasteiger charge is -2.23. The molecule has 1 aromatic carbocycles. The van der Waals surface area contributed by atoms with Crippen LogP contribution in [0.25, 0.3) is 11.6 Å². The molecule has 0 amide bonds. The molecule has 3 rings (SSSR count). The molecule has 1 atom stereocenters. The first-order chi connectivity index (χ1) is 13.6. The van der Waals surface area contributed by atoms with Gasteiger partial charge in [-0.1, -0.05) is 85.4 Å². The van der Waals surface area contributed by atoms with Crippen molar-refractivity contribution in [3.63, 3.8) is 0 Å². The van der Waals surface area contributed by atoms with E-state index in [0.717, 1.165) is 32.4 Å². The molecule has 2 aliphatic carbocycles. The van der Waals surface area contributed by atoms with Gasteiger partial charge in [-0.25, -0.2) is 0 Å². The van der Waals surface area contributed by atoms with Crippen LogP contribution in [0, 0.1) is 5.92 Å². The van der Waals surface area contributed by atoms with Gasteiger partial charge in [-0.2, -0.15) is 0 Å². The Balaban J connectivity index is 1.77. The van der Waals surface area contributed by atoms with Crippen LogP contribution in [0.5, 0.6) is 0 Å². The van der Waals surface area contributed by atoms with Gasteiger partial charge in [-0.05, 0) is 66.9 Å². The van der Waals surface area contributed by atoms with Gasteiger partial charge in [-0.15, -0.1) is 0 Å². The van der Waals surface area contributed by atoms with Gasteiger partial charge in [0.05, 0.1) is 0 Å². The third-order valence-electron chi connectivity index (χ3n) is 5.65. The summed E-state index contributed by atoms with van der Waals surface area (Å²) >= 11 is 0. The lowest BCUT2D eigenvalue weighted by Crippen LogP contribution is -2.24. The largest absolute Gasteiger partial charge is 0.312 e. The number of allylic oxidation sites excluding steroid dienone is 7. The lowest BCUT2D eigenvalue weighted by molar-refractivity contribution is 0.632. The van der Waals surface area contributed by atoms with Gasteiger partial charge < -0.3 is 5.32 Å². The summed E-state index contributed by atoms with van der Waals surface area (Å²) in [5.41, 5.74) is 9.66. The fraction of sp³-hybridized carbons (Fsp3) is 0.333. The molecule has 0 radical (unpaired) electrons. The Morgan fingerprint density at radius 2 is 2.07 bits per heavy atom. The number of hydrogen-bond donors (Lipinski definition) is 1. The van der Waals surface area contributed by atoms with E-state index in [1.54, 1.807) is 0 Å². The molecule has 1 N–H and O–H groups in total. The zero-order valence-electron chi connectivity index (χ0n) is 17.6. The van der Waals surface area contributed by atoms with Crippen molar-refractivity contribution in [1.82, 2.24) is 5.32 Å². The molecule has 0 saturated carbocycles. The molecule has 0 saturated heterocycles. The summed E-state index contributed by atoms with van der Waals surface area (Å²) in [4.78, 5) is 0. The van der Waals surface area contributed by atoms with Gasteiger partial charge >= 0.3 is 0 Å². The van der Waals surface area contributed by atoms with Crippen LogP contribution >= 0.6 is 0 Å². The molecule has 1 heteroatoms. The Bertz CT molecular complexity index is 874. The topological polar surface area (TPSA) is 12.0 Å². The number of benzene rings is 1. The van der Waals surface area contributed by atoms with Gasteiger partial charge in [0.25, 0.3) is 0 Å². The van der Waals surface area contributed by atoms with Crippen molar-refractivity contribution >= 4 is 11.6 Å². The normalized spacial score (nSPS) is 17.8. The summed E-state index contributed by atoms with van der Waals surface area (Å²) in [5.74, 6) is 0.438. The SMILES string of the molecule is C=Cc1cccc2c1CCC=C(C)C=C2C(C)CNCC1=CC=C(C)CC=C1. The van der Waals surface area contributed by atoms with Gasteiger partial charge in [0.15, 0.2) is 0 Å². The van der Waals surface area contributed by atoms with Crippen LogP contribution in [0.2, 0.25) is 0 Å². The average Bonchev–Trinajstić information content (AvgIpc) is 2.89. The minimum absolute atomic E-state index is 0.438. The summed E-state index contributed by atoms with van der Waals surface area (Å²) in [5, 5.41) is 3.68. The van der Waals surface area contributed by atoms with Crippen molar-refractivity contribution in [2.45, 2.75) is 40.0 Å². The summed E-state index contributed by atoms with van der Waals surface area (Å²) in [6.07, 6.45) is 18.9. The van der Waals surface area contributed by atoms with E-state index in [2.05, 4.69) is 87.3 Å². The molecule has 0 aromatic heterocycles. The molecule has 1 unspecified atom stereocenters. The van der Waals surface area contributed by atoms with Gasteiger partial charge in [0, 0.05) is 13.1 Å². The van der Waals surface area contributed by atoms with Gasteiger partial charge in [0.1, 0.15) is 0 Å². The molecule has 1 aromatic rings. The fourth-order valence-corrected chi connectivity index (χ4v) is 4.01. The van der Waals surface area contributed by atoms with E-state index in [0.29, 0.717) is 5.92 Å². The van der Waals surface area contributed by atoms with Crippen molar-refractivity contribution in [2.75, 3.05) is 13.1 Å². The van der Waals surface area contributed by atoms with Crippen LogP contribution in [-0.4, -0.2) is 13.1 Å². The van der Waals surface area contributed by atoms with E-state index in [1.807, 2.05) is 6.08 Å². The number of rotatable bonds is 6. The lowest BCUT2D eigenvalue weighted by atomic mass is 9.84. The Morgan fingerprint density at radius 3 is 2.89 bits per heavy atom. The summed E-state index contributed by atoms with van der Waals surface area (Å²) in [6.45, 7) is 12.6. The van der Waals surface area contributed by atoms with Crippen LogP contribution < -0.4 is 5.32 Å². The zero-order chi connectivity index (χ0) is 19.9. The van der Waals surface area contributed by atoms with Gasteiger partial charge in [-0.3, -0.25) is 0 Å². The van der Waals surface area contributed by atoms with Crippen molar-refractivity contribution < 1.29 is 0 Å². The maximum absolute atomic E-state index is 4.03. The highest BCUT2D eigenvalue weighted by molar-refractivity contribution is 5.75.